The fourth-order valence-electron chi connectivity index (χ4n) is 4.67. The van der Waals surface area contributed by atoms with Gasteiger partial charge >= 0.3 is 5.97 Å². The zero-order chi connectivity index (χ0) is 25.9. The second-order valence-electron chi connectivity index (χ2n) is 9.60. The van der Waals surface area contributed by atoms with Crippen molar-refractivity contribution in [3.63, 3.8) is 0 Å². The Morgan fingerprint density at radius 1 is 1.08 bits per heavy atom. The Balaban J connectivity index is 1.59. The van der Waals surface area contributed by atoms with Gasteiger partial charge in [0.1, 0.15) is 6.54 Å². The highest BCUT2D eigenvalue weighted by Gasteiger charge is 2.34. The third-order valence-electron chi connectivity index (χ3n) is 6.59. The first kappa shape index (κ1) is 25.6. The first-order valence-electron chi connectivity index (χ1n) is 11.9. The van der Waals surface area contributed by atoms with Crippen LogP contribution in [-0.4, -0.2) is 29.8 Å². The van der Waals surface area contributed by atoms with E-state index < -0.39 is 16.1 Å². The van der Waals surface area contributed by atoms with Crippen LogP contribution in [0.15, 0.2) is 72.4 Å². The quantitative estimate of drug-likeness (QED) is 0.220. The van der Waals surface area contributed by atoms with Crippen LogP contribution in [0.1, 0.15) is 43.5 Å². The van der Waals surface area contributed by atoms with Crippen LogP contribution in [-0.2, 0) is 33.3 Å². The molecule has 1 aliphatic rings. The fraction of sp³-hybridized carbons (Fsp3) is 0.286. The number of hydrogen-bond donors (Lipinski definition) is 3. The fourth-order valence-corrected chi connectivity index (χ4v) is 5.24. The number of anilines is 1. The van der Waals surface area contributed by atoms with Crippen LogP contribution in [0.5, 0.6) is 0 Å². The van der Waals surface area contributed by atoms with E-state index in [2.05, 4.69) is 29.8 Å². The summed E-state index contributed by atoms with van der Waals surface area (Å²) in [6, 6.07) is 17.9. The average Bonchev–Trinajstić information content (AvgIpc) is 3.06. The second-order valence-corrected chi connectivity index (χ2v) is 11.2. The van der Waals surface area contributed by atoms with Crippen molar-refractivity contribution in [1.82, 2.24) is 0 Å². The number of carboxylic acid groups (broad SMARTS) is 1. The number of allylic oxidation sites excluding steroid dienone is 3. The van der Waals surface area contributed by atoms with Crippen LogP contribution in [0.25, 0.3) is 17.0 Å². The molecule has 0 fully saturated rings. The summed E-state index contributed by atoms with van der Waals surface area (Å²) < 4.78 is 33.4. The van der Waals surface area contributed by atoms with E-state index in [1.807, 2.05) is 66.8 Å². The van der Waals surface area contributed by atoms with Gasteiger partial charge < -0.3 is 10.4 Å². The zero-order valence-corrected chi connectivity index (χ0v) is 21.3. The summed E-state index contributed by atoms with van der Waals surface area (Å²) in [7, 11) is -3.96. The Hall–Kier alpha value is -3.49. The lowest BCUT2D eigenvalue weighted by atomic mass is 9.83. The van der Waals surface area contributed by atoms with Gasteiger partial charge in [0, 0.05) is 46.8 Å². The van der Waals surface area contributed by atoms with Crippen molar-refractivity contribution in [3.8, 4) is 0 Å². The van der Waals surface area contributed by atoms with E-state index in [9.17, 15) is 13.2 Å². The maximum absolute atomic E-state index is 11.1. The third-order valence-corrected chi connectivity index (χ3v) is 7.40. The van der Waals surface area contributed by atoms with Crippen molar-refractivity contribution < 1.29 is 27.4 Å². The number of carboxylic acids is 1. The van der Waals surface area contributed by atoms with Gasteiger partial charge in [-0.1, -0.05) is 44.2 Å². The summed E-state index contributed by atoms with van der Waals surface area (Å²) in [6.45, 7) is 4.84. The molecule has 0 saturated carbocycles. The Kier molecular flexibility index (Phi) is 7.28. The molecule has 1 aliphatic heterocycles. The molecular weight excluding hydrogens is 476 g/mol. The Morgan fingerprint density at radius 2 is 1.86 bits per heavy atom. The molecule has 1 aromatic heterocycles. The lowest BCUT2D eigenvalue weighted by Gasteiger charge is -2.20. The molecule has 0 spiro atoms. The minimum Gasteiger partial charge on any atom is -0.481 e. The van der Waals surface area contributed by atoms with Crippen molar-refractivity contribution in [3.05, 3.63) is 89.3 Å². The highest BCUT2D eigenvalue weighted by molar-refractivity contribution is 7.85. The number of hydrogen-bond acceptors (Lipinski definition) is 4. The minimum atomic E-state index is -3.96. The van der Waals surface area contributed by atoms with Crippen LogP contribution in [0.4, 0.5) is 5.69 Å². The molecule has 4 rings (SSSR count). The standard InChI is InChI=1S/C28H30N2O5S/c1-28(2)23-18-20(19-27(31)32)12-15-24(23)29-26(28)11-7-9-22-14-13-21-8-3-4-10-25(21)30(22)16-5-6-17-36(33,34)35/h3-4,7-15,18H,5-6,16-17,19H2,1-2H3,(H2,31,32,33,34,35)/p+1. The largest absolute Gasteiger partial charge is 0.481 e. The van der Waals surface area contributed by atoms with Crippen molar-refractivity contribution in [2.45, 2.75) is 45.1 Å². The summed E-state index contributed by atoms with van der Waals surface area (Å²) >= 11 is 0. The first-order valence-corrected chi connectivity index (χ1v) is 13.5. The van der Waals surface area contributed by atoms with Gasteiger partial charge in [0.05, 0.1) is 12.2 Å². The van der Waals surface area contributed by atoms with Gasteiger partial charge in [-0.15, -0.1) is 0 Å². The Labute approximate surface area is 211 Å². The number of carbonyl (C=O) groups is 1. The van der Waals surface area contributed by atoms with Gasteiger partial charge in [0.2, 0.25) is 11.2 Å². The number of benzene rings is 2. The number of pyridine rings is 1. The Morgan fingerprint density at radius 3 is 2.61 bits per heavy atom. The predicted molar refractivity (Wildman–Crippen MR) is 141 cm³/mol. The van der Waals surface area contributed by atoms with Gasteiger partial charge in [0.15, 0.2) is 0 Å². The van der Waals surface area contributed by atoms with Crippen molar-refractivity contribution in [2.24, 2.45) is 0 Å². The number of rotatable bonds is 9. The van der Waals surface area contributed by atoms with Crippen LogP contribution in [0.2, 0.25) is 0 Å². The van der Waals surface area contributed by atoms with Crippen molar-refractivity contribution in [2.75, 3.05) is 11.1 Å². The van der Waals surface area contributed by atoms with E-state index in [4.69, 9.17) is 9.66 Å². The van der Waals surface area contributed by atoms with Crippen LogP contribution in [0, 0.1) is 0 Å². The number of para-hydroxylation sites is 1. The average molecular weight is 508 g/mol. The zero-order valence-electron chi connectivity index (χ0n) is 20.4. The summed E-state index contributed by atoms with van der Waals surface area (Å²) in [4.78, 5) is 11.1. The van der Waals surface area contributed by atoms with Gasteiger partial charge in [-0.2, -0.15) is 13.0 Å². The molecule has 0 unspecified atom stereocenters. The molecule has 188 valence electrons. The van der Waals surface area contributed by atoms with Crippen molar-refractivity contribution >= 4 is 38.8 Å². The molecule has 2 aromatic carbocycles. The summed E-state index contributed by atoms with van der Waals surface area (Å²) in [5.74, 6) is -1.09. The van der Waals surface area contributed by atoms with Crippen LogP contribution < -0.4 is 9.88 Å². The van der Waals surface area contributed by atoms with Gasteiger partial charge in [-0.25, -0.2) is 0 Å². The molecule has 0 bridgehead atoms. The minimum absolute atomic E-state index is 0.00545. The molecule has 2 heterocycles. The molecule has 3 aromatic rings. The Bertz CT molecular complexity index is 1470. The lowest BCUT2D eigenvalue weighted by molar-refractivity contribution is -0.673. The normalized spacial score (nSPS) is 15.9. The molecule has 0 saturated heterocycles. The predicted octanol–water partition coefficient (Wildman–Crippen LogP) is 4.72. The summed E-state index contributed by atoms with van der Waals surface area (Å²) in [5.41, 5.74) is 5.57. The topological polar surface area (TPSA) is 108 Å². The van der Waals surface area contributed by atoms with E-state index in [-0.39, 0.29) is 17.6 Å². The van der Waals surface area contributed by atoms with E-state index in [1.54, 1.807) is 0 Å². The highest BCUT2D eigenvalue weighted by atomic mass is 32.2. The molecule has 7 nitrogen and oxygen atoms in total. The number of nitrogens with one attached hydrogen (secondary N) is 1. The highest BCUT2D eigenvalue weighted by Crippen LogP contribution is 2.43. The van der Waals surface area contributed by atoms with Crippen LogP contribution in [0.3, 0.4) is 0 Å². The molecule has 0 aliphatic carbocycles. The van der Waals surface area contributed by atoms with Crippen LogP contribution >= 0.6 is 0 Å². The molecule has 0 atom stereocenters. The number of aliphatic carboxylic acids is 1. The second kappa shape index (κ2) is 10.2. The van der Waals surface area contributed by atoms with Gasteiger partial charge in [-0.05, 0) is 41.8 Å². The molecule has 8 heteroatoms. The smallest absolute Gasteiger partial charge is 0.307 e. The van der Waals surface area contributed by atoms with E-state index in [1.165, 1.54) is 0 Å². The molecule has 0 radical (unpaired) electrons. The van der Waals surface area contributed by atoms with Gasteiger partial charge in [0.25, 0.3) is 10.1 Å². The van der Waals surface area contributed by atoms with E-state index in [0.29, 0.717) is 19.4 Å². The number of aryl methyl sites for hydroxylation is 1. The summed E-state index contributed by atoms with van der Waals surface area (Å²) in [5, 5.41) is 13.7. The molecule has 36 heavy (non-hydrogen) atoms. The third kappa shape index (κ3) is 5.83. The monoisotopic (exact) mass is 507 g/mol. The summed E-state index contributed by atoms with van der Waals surface area (Å²) in [6.07, 6.45) is 7.04. The number of fused-ring (bicyclic) bond motifs is 2. The SMILES string of the molecule is CC1(C)/C(=C\C=C\c2ccc3ccccc3[n+]2CCCCS(=O)(=O)O)Nc2ccc(CC(=O)O)cc21. The molecular formula is C28H31N2O5S+. The number of aromatic nitrogens is 1. The maximum Gasteiger partial charge on any atom is 0.307 e. The maximum atomic E-state index is 11.1. The number of nitrogens with zero attached hydrogens (tertiary/aromatic N) is 1. The first-order chi connectivity index (χ1) is 17.0. The number of unbranched alkanes of at least 4 members (excludes halogenated alkanes) is 1. The molecule has 0 amide bonds. The van der Waals surface area contributed by atoms with Crippen molar-refractivity contribution in [1.29, 1.82) is 0 Å². The van der Waals surface area contributed by atoms with E-state index in [0.717, 1.165) is 39.1 Å². The van der Waals surface area contributed by atoms with Gasteiger partial charge in [-0.3, -0.25) is 9.35 Å². The van der Waals surface area contributed by atoms with E-state index >= 15 is 0 Å². The molecule has 3 N–H and O–H groups in total. The lowest BCUT2D eigenvalue weighted by Crippen LogP contribution is -2.38.